The Balaban J connectivity index is 0.738. The zero-order valence-corrected chi connectivity index (χ0v) is 34.3. The van der Waals surface area contributed by atoms with Crippen LogP contribution in [0.4, 0.5) is 11.5 Å². The van der Waals surface area contributed by atoms with Gasteiger partial charge in [0.2, 0.25) is 17.7 Å². The molecule has 63 heavy (non-hydrogen) atoms. The van der Waals surface area contributed by atoms with Crippen molar-refractivity contribution in [3.05, 3.63) is 107 Å². The standard InChI is InChI=1S/C44H46N10O9/c45-39(56)38-33(49-41(58)34-25-63-43(50-34)29-14-15-46-36(21-29)48-22-26-6-7-26)24-54(52-38)30-10-8-28(9-11-30)40(57)47-16-18-62-20-19-61-17-2-4-27-3-1-5-31-32(27)23-53(44(31)60)35-12-13-37(55)51-42(35)59/h1,3,5,8-11,14-15,21,24-26,35H,2,4,6-7,12-13,16-20,22-23H2,(H2,45,56)(H,46,48)(H,47,57)(H,49,58)(H,51,55,59). The van der Waals surface area contributed by atoms with E-state index in [1.54, 1.807) is 53.6 Å². The van der Waals surface area contributed by atoms with Gasteiger partial charge in [0, 0.05) is 55.5 Å². The van der Waals surface area contributed by atoms with E-state index in [9.17, 15) is 28.8 Å². The normalized spacial score (nSPS) is 15.8. The third kappa shape index (κ3) is 10.3. The third-order valence-electron chi connectivity index (χ3n) is 10.9. The second-order valence-electron chi connectivity index (χ2n) is 15.4. The summed E-state index contributed by atoms with van der Waals surface area (Å²) in [5, 5.41) is 15.3. The van der Waals surface area contributed by atoms with E-state index in [-0.39, 0.29) is 60.3 Å². The molecule has 19 nitrogen and oxygen atoms in total. The van der Waals surface area contributed by atoms with Crippen LogP contribution in [-0.2, 0) is 32.0 Å². The van der Waals surface area contributed by atoms with Gasteiger partial charge >= 0.3 is 0 Å². The number of fused-ring (bicyclic) bond motifs is 1. The molecule has 1 unspecified atom stereocenters. The van der Waals surface area contributed by atoms with Gasteiger partial charge in [-0.25, -0.2) is 14.6 Å². The molecule has 0 spiro atoms. The van der Waals surface area contributed by atoms with Gasteiger partial charge in [-0.2, -0.15) is 5.10 Å². The molecule has 1 aliphatic carbocycles. The Morgan fingerprint density at radius 3 is 2.54 bits per heavy atom. The Kier molecular flexibility index (Phi) is 12.9. The van der Waals surface area contributed by atoms with Crippen LogP contribution in [0.15, 0.2) is 77.7 Å². The van der Waals surface area contributed by atoms with Crippen molar-refractivity contribution in [1.82, 2.24) is 35.3 Å². The fourth-order valence-corrected chi connectivity index (χ4v) is 7.38. The van der Waals surface area contributed by atoms with Gasteiger partial charge in [0.15, 0.2) is 11.4 Å². The molecule has 5 aromatic rings. The Labute approximate surface area is 361 Å². The lowest BCUT2D eigenvalue weighted by Crippen LogP contribution is -2.52. The maximum atomic E-state index is 13.2. The maximum Gasteiger partial charge on any atom is 0.277 e. The number of primary amides is 1. The summed E-state index contributed by atoms with van der Waals surface area (Å²) < 4.78 is 18.3. The minimum atomic E-state index is -0.856. The molecule has 6 amide bonds. The zero-order valence-electron chi connectivity index (χ0n) is 34.3. The number of benzene rings is 2. The second kappa shape index (κ2) is 19.2. The highest BCUT2D eigenvalue weighted by Gasteiger charge is 2.39. The van der Waals surface area contributed by atoms with Gasteiger partial charge in [0.1, 0.15) is 18.1 Å². The highest BCUT2D eigenvalue weighted by molar-refractivity contribution is 6.07. The van der Waals surface area contributed by atoms with Crippen LogP contribution in [0.25, 0.3) is 17.1 Å². The zero-order chi connectivity index (χ0) is 43.9. The number of piperidine rings is 1. The van der Waals surface area contributed by atoms with Crippen molar-refractivity contribution in [2.24, 2.45) is 11.7 Å². The van der Waals surface area contributed by atoms with Crippen LogP contribution in [0.1, 0.15) is 84.9 Å². The lowest BCUT2D eigenvalue weighted by Gasteiger charge is -2.29. The van der Waals surface area contributed by atoms with Gasteiger partial charge in [0.05, 0.1) is 37.4 Å². The van der Waals surface area contributed by atoms with Crippen LogP contribution >= 0.6 is 0 Å². The fourth-order valence-electron chi connectivity index (χ4n) is 7.38. The number of nitrogens with zero attached hydrogens (tertiary/aromatic N) is 5. The van der Waals surface area contributed by atoms with Crippen LogP contribution < -0.4 is 27.0 Å². The molecule has 2 fully saturated rings. The topological polar surface area (TPSA) is 255 Å². The first-order valence-electron chi connectivity index (χ1n) is 20.8. The van der Waals surface area contributed by atoms with Gasteiger partial charge < -0.3 is 40.5 Å². The molecular weight excluding hydrogens is 813 g/mol. The SMILES string of the molecule is NC(=O)c1nn(-c2ccc(C(=O)NCCOCCOCCCc3cccc4c3CN(C3CCC(=O)NC3=O)C4=O)cc2)cc1NC(=O)c1coc(-c2ccnc(NCC3CC3)c2)n1. The number of oxazole rings is 1. The summed E-state index contributed by atoms with van der Waals surface area (Å²) in [5.41, 5.74) is 9.53. The van der Waals surface area contributed by atoms with Gasteiger partial charge in [-0.1, -0.05) is 12.1 Å². The molecule has 6 N–H and O–H groups in total. The van der Waals surface area contributed by atoms with Crippen molar-refractivity contribution in [1.29, 1.82) is 0 Å². The van der Waals surface area contributed by atoms with Crippen LogP contribution in [0, 0.1) is 5.92 Å². The first-order valence-corrected chi connectivity index (χ1v) is 20.8. The van der Waals surface area contributed by atoms with Gasteiger partial charge in [-0.3, -0.25) is 34.1 Å². The average molecular weight is 859 g/mol. The Hall–Kier alpha value is -7.25. The molecule has 2 aliphatic heterocycles. The summed E-state index contributed by atoms with van der Waals surface area (Å²) in [6.45, 7) is 2.91. The number of rotatable bonds is 20. The van der Waals surface area contributed by atoms with Crippen molar-refractivity contribution >= 4 is 46.9 Å². The molecule has 3 aromatic heterocycles. The molecular formula is C44H46N10O9. The van der Waals surface area contributed by atoms with Gasteiger partial charge in [-0.15, -0.1) is 0 Å². The summed E-state index contributed by atoms with van der Waals surface area (Å²) >= 11 is 0. The smallest absolute Gasteiger partial charge is 0.277 e. The van der Waals surface area contributed by atoms with Crippen molar-refractivity contribution in [2.75, 3.05) is 50.2 Å². The van der Waals surface area contributed by atoms with E-state index in [0.717, 1.165) is 24.1 Å². The van der Waals surface area contributed by atoms with Crippen LogP contribution in [0.3, 0.4) is 0 Å². The molecule has 19 heteroatoms. The molecule has 1 saturated carbocycles. The van der Waals surface area contributed by atoms with Crippen molar-refractivity contribution < 1.29 is 42.7 Å². The van der Waals surface area contributed by atoms with Crippen molar-refractivity contribution in [3.8, 4) is 17.1 Å². The molecule has 8 rings (SSSR count). The predicted octanol–water partition coefficient (Wildman–Crippen LogP) is 3.25. The lowest BCUT2D eigenvalue weighted by atomic mass is 10.00. The number of imide groups is 1. The highest BCUT2D eigenvalue weighted by atomic mass is 16.5. The number of amides is 6. The van der Waals surface area contributed by atoms with E-state index in [4.69, 9.17) is 19.6 Å². The minimum absolute atomic E-state index is 0.0188. The number of aryl methyl sites for hydroxylation is 1. The molecule has 1 saturated heterocycles. The van der Waals surface area contributed by atoms with Crippen LogP contribution in [0.2, 0.25) is 0 Å². The Bertz CT molecular complexity index is 2530. The summed E-state index contributed by atoms with van der Waals surface area (Å²) in [6.07, 6.45) is 8.65. The van der Waals surface area contributed by atoms with Crippen molar-refractivity contribution in [3.63, 3.8) is 0 Å². The van der Waals surface area contributed by atoms with E-state index < -0.39 is 23.8 Å². The van der Waals surface area contributed by atoms with E-state index in [0.29, 0.717) is 73.3 Å². The van der Waals surface area contributed by atoms with E-state index in [1.165, 1.54) is 30.0 Å². The molecule has 0 radical (unpaired) electrons. The van der Waals surface area contributed by atoms with Gasteiger partial charge in [0.25, 0.3) is 23.6 Å². The molecule has 0 bridgehead atoms. The van der Waals surface area contributed by atoms with Crippen LogP contribution in [0.5, 0.6) is 0 Å². The Morgan fingerprint density at radius 2 is 1.76 bits per heavy atom. The third-order valence-corrected chi connectivity index (χ3v) is 10.9. The lowest BCUT2D eigenvalue weighted by molar-refractivity contribution is -0.136. The number of pyridine rings is 1. The number of carbonyl (C=O) groups is 6. The highest BCUT2D eigenvalue weighted by Crippen LogP contribution is 2.31. The maximum absolute atomic E-state index is 13.2. The summed E-state index contributed by atoms with van der Waals surface area (Å²) in [7, 11) is 0. The van der Waals surface area contributed by atoms with E-state index in [1.807, 2.05) is 12.1 Å². The quantitative estimate of drug-likeness (QED) is 0.0557. The summed E-state index contributed by atoms with van der Waals surface area (Å²) in [4.78, 5) is 85.5. The monoisotopic (exact) mass is 858 g/mol. The molecule has 2 aromatic carbocycles. The summed E-state index contributed by atoms with van der Waals surface area (Å²) in [5.74, 6) is -1.17. The van der Waals surface area contributed by atoms with E-state index >= 15 is 0 Å². The number of hydrogen-bond acceptors (Lipinski definition) is 13. The first-order chi connectivity index (χ1) is 30.6. The number of carbonyl (C=O) groups excluding carboxylic acids is 6. The molecule has 5 heterocycles. The fraction of sp³-hybridized carbons (Fsp3) is 0.341. The minimum Gasteiger partial charge on any atom is -0.444 e. The van der Waals surface area contributed by atoms with E-state index in [2.05, 4.69) is 36.3 Å². The number of aromatic nitrogens is 4. The predicted molar refractivity (Wildman–Crippen MR) is 226 cm³/mol. The molecule has 1 atom stereocenters. The number of nitrogens with one attached hydrogen (secondary N) is 4. The van der Waals surface area contributed by atoms with Gasteiger partial charge in [-0.05, 0) is 91.6 Å². The number of ether oxygens (including phenoxy) is 2. The van der Waals surface area contributed by atoms with Crippen LogP contribution in [-0.4, -0.2) is 106 Å². The first kappa shape index (κ1) is 42.4. The largest absolute Gasteiger partial charge is 0.444 e. The number of nitrogens with two attached hydrogens (primary N) is 1. The molecule has 326 valence electrons. The average Bonchev–Trinajstić information content (AvgIpc) is 3.63. The number of anilines is 2. The number of hydrogen-bond donors (Lipinski definition) is 5. The summed E-state index contributed by atoms with van der Waals surface area (Å²) in [6, 6.07) is 14.9. The Morgan fingerprint density at radius 1 is 0.952 bits per heavy atom. The second-order valence-corrected chi connectivity index (χ2v) is 15.4. The van der Waals surface area contributed by atoms with Crippen molar-refractivity contribution in [2.45, 2.75) is 51.1 Å². The molecule has 3 aliphatic rings.